The number of aliphatic imine (C=N–C) groups is 4. The molecule has 0 aliphatic heterocycles. The van der Waals surface area contributed by atoms with Gasteiger partial charge in [-0.2, -0.15) is 20.0 Å². The van der Waals surface area contributed by atoms with Gasteiger partial charge in [0.05, 0.1) is 22.7 Å². The highest BCUT2D eigenvalue weighted by molar-refractivity contribution is 5.94. The standard InChI is InChI=1S/C28H14N4O4/c33-15-29-21-5-1-19(2-6-21)25-11-9-23(31-17-35)13-27(25)28-14-24(32-18-36)10-12-26(28)20-3-7-22(8-4-20)30-16-34/h1-14H. The summed E-state index contributed by atoms with van der Waals surface area (Å²) < 4.78 is 0. The van der Waals surface area contributed by atoms with E-state index in [4.69, 9.17) is 0 Å². The summed E-state index contributed by atoms with van der Waals surface area (Å²) in [5, 5.41) is 0. The molecule has 8 heteroatoms. The van der Waals surface area contributed by atoms with Gasteiger partial charge in [0, 0.05) is 0 Å². The Morgan fingerprint density at radius 1 is 0.361 bits per heavy atom. The Morgan fingerprint density at radius 3 is 1.00 bits per heavy atom. The van der Waals surface area contributed by atoms with Crippen molar-refractivity contribution >= 4 is 47.1 Å². The predicted molar refractivity (Wildman–Crippen MR) is 134 cm³/mol. The van der Waals surface area contributed by atoms with Crippen molar-refractivity contribution < 1.29 is 19.2 Å². The van der Waals surface area contributed by atoms with E-state index in [0.717, 1.165) is 22.3 Å². The zero-order valence-electron chi connectivity index (χ0n) is 18.5. The van der Waals surface area contributed by atoms with Crippen LogP contribution in [-0.2, 0) is 19.2 Å². The minimum Gasteiger partial charge on any atom is -0.211 e. The highest BCUT2D eigenvalue weighted by Crippen LogP contribution is 2.42. The van der Waals surface area contributed by atoms with Gasteiger partial charge in [0.1, 0.15) is 0 Å². The van der Waals surface area contributed by atoms with E-state index < -0.39 is 0 Å². The second kappa shape index (κ2) is 11.0. The number of benzene rings is 4. The second-order valence-corrected chi connectivity index (χ2v) is 7.37. The van der Waals surface area contributed by atoms with Gasteiger partial charge >= 0.3 is 0 Å². The fraction of sp³-hybridized carbons (Fsp3) is 0. The molecular weight excluding hydrogens is 456 g/mol. The van der Waals surface area contributed by atoms with Crippen molar-refractivity contribution in [1.82, 2.24) is 0 Å². The molecule has 0 radical (unpaired) electrons. The highest BCUT2D eigenvalue weighted by atomic mass is 16.1. The van der Waals surface area contributed by atoms with Crippen molar-refractivity contribution in [3.63, 3.8) is 0 Å². The fourth-order valence-electron chi connectivity index (χ4n) is 3.79. The maximum atomic E-state index is 11.0. The van der Waals surface area contributed by atoms with Crippen LogP contribution in [0.2, 0.25) is 0 Å². The average Bonchev–Trinajstić information content (AvgIpc) is 2.90. The lowest BCUT2D eigenvalue weighted by Crippen LogP contribution is -1.90. The Bertz CT molecular complexity index is 1510. The van der Waals surface area contributed by atoms with Crippen LogP contribution in [0.15, 0.2) is 105 Å². The molecule has 8 nitrogen and oxygen atoms in total. The van der Waals surface area contributed by atoms with Gasteiger partial charge < -0.3 is 0 Å². The smallest absolute Gasteiger partial charge is 0.211 e. The number of rotatable bonds is 7. The summed E-state index contributed by atoms with van der Waals surface area (Å²) >= 11 is 0. The molecular formula is C28H14N4O4. The largest absolute Gasteiger partial charge is 0.240 e. The van der Waals surface area contributed by atoms with Gasteiger partial charge in [-0.3, -0.25) is 0 Å². The summed E-state index contributed by atoms with van der Waals surface area (Å²) in [6, 6.07) is 24.4. The third kappa shape index (κ3) is 5.14. The lowest BCUT2D eigenvalue weighted by molar-refractivity contribution is 0.564. The van der Waals surface area contributed by atoms with Crippen LogP contribution in [-0.4, -0.2) is 24.3 Å². The van der Waals surface area contributed by atoms with E-state index in [-0.39, 0.29) is 0 Å². The van der Waals surface area contributed by atoms with E-state index in [1.165, 1.54) is 12.2 Å². The summed E-state index contributed by atoms with van der Waals surface area (Å²) in [4.78, 5) is 57.9. The predicted octanol–water partition coefficient (Wildman–Crippen LogP) is 6.56. The zero-order chi connectivity index (χ0) is 25.3. The number of hydrogen-bond donors (Lipinski definition) is 0. The monoisotopic (exact) mass is 470 g/mol. The van der Waals surface area contributed by atoms with Gasteiger partial charge in [-0.05, 0) is 81.9 Å². The molecule has 0 saturated heterocycles. The van der Waals surface area contributed by atoms with Gasteiger partial charge in [0.15, 0.2) is 0 Å². The molecule has 0 saturated carbocycles. The van der Waals surface area contributed by atoms with Gasteiger partial charge in [0.2, 0.25) is 24.3 Å². The lowest BCUT2D eigenvalue weighted by Gasteiger charge is -2.16. The molecule has 0 amide bonds. The van der Waals surface area contributed by atoms with E-state index in [1.54, 1.807) is 85.0 Å². The van der Waals surface area contributed by atoms with E-state index in [0.29, 0.717) is 33.9 Å². The van der Waals surface area contributed by atoms with E-state index in [2.05, 4.69) is 20.0 Å². The Kier molecular flexibility index (Phi) is 7.21. The highest BCUT2D eigenvalue weighted by Gasteiger charge is 2.15. The maximum absolute atomic E-state index is 11.0. The molecule has 170 valence electrons. The first-order valence-corrected chi connectivity index (χ1v) is 10.5. The van der Waals surface area contributed by atoms with E-state index in [9.17, 15) is 19.2 Å². The first kappa shape index (κ1) is 23.6. The van der Waals surface area contributed by atoms with Gasteiger partial charge in [-0.15, -0.1) is 0 Å². The summed E-state index contributed by atoms with van der Waals surface area (Å²) in [6.45, 7) is 0. The molecule has 0 unspecified atom stereocenters. The number of hydrogen-bond acceptors (Lipinski definition) is 8. The Morgan fingerprint density at radius 2 is 0.667 bits per heavy atom. The molecule has 0 fully saturated rings. The maximum Gasteiger partial charge on any atom is 0.240 e. The number of isocyanates is 4. The van der Waals surface area contributed by atoms with Crippen LogP contribution < -0.4 is 0 Å². The molecule has 0 atom stereocenters. The minimum absolute atomic E-state index is 0.386. The van der Waals surface area contributed by atoms with Crippen molar-refractivity contribution in [2.24, 2.45) is 20.0 Å². The van der Waals surface area contributed by atoms with Crippen LogP contribution in [0.1, 0.15) is 0 Å². The van der Waals surface area contributed by atoms with Crippen LogP contribution in [0.5, 0.6) is 0 Å². The number of carbonyl (C=O) groups excluding carboxylic acids is 4. The van der Waals surface area contributed by atoms with Crippen molar-refractivity contribution in [2.75, 3.05) is 0 Å². The summed E-state index contributed by atoms with van der Waals surface area (Å²) in [6.07, 6.45) is 6.14. The van der Waals surface area contributed by atoms with Crippen LogP contribution in [0, 0.1) is 0 Å². The van der Waals surface area contributed by atoms with Crippen molar-refractivity contribution in [2.45, 2.75) is 0 Å². The third-order valence-corrected chi connectivity index (χ3v) is 5.35. The molecule has 36 heavy (non-hydrogen) atoms. The Balaban J connectivity index is 1.99. The second-order valence-electron chi connectivity index (χ2n) is 7.37. The molecule has 0 aliphatic rings. The Hall–Kier alpha value is -5.60. The quantitative estimate of drug-likeness (QED) is 0.224. The van der Waals surface area contributed by atoms with Gasteiger partial charge in [-0.1, -0.05) is 36.4 Å². The molecule has 0 bridgehead atoms. The SMILES string of the molecule is O=C=Nc1ccc(-c2ccc(N=C=O)cc2-c2cc(N=C=O)ccc2-c2ccc(N=C=O)cc2)cc1. The molecule has 0 aromatic heterocycles. The minimum atomic E-state index is 0.386. The lowest BCUT2D eigenvalue weighted by atomic mass is 9.88. The van der Waals surface area contributed by atoms with Crippen molar-refractivity contribution in [1.29, 1.82) is 0 Å². The van der Waals surface area contributed by atoms with Crippen LogP contribution >= 0.6 is 0 Å². The number of nitrogens with zero attached hydrogens (tertiary/aromatic N) is 4. The van der Waals surface area contributed by atoms with Crippen LogP contribution in [0.3, 0.4) is 0 Å². The Labute approximate surface area is 204 Å². The average molecular weight is 470 g/mol. The molecule has 0 heterocycles. The summed E-state index contributed by atoms with van der Waals surface area (Å²) in [5.41, 5.74) is 6.28. The van der Waals surface area contributed by atoms with Crippen LogP contribution in [0.25, 0.3) is 33.4 Å². The van der Waals surface area contributed by atoms with Gasteiger partial charge in [0.25, 0.3) is 0 Å². The van der Waals surface area contributed by atoms with E-state index >= 15 is 0 Å². The zero-order valence-corrected chi connectivity index (χ0v) is 18.5. The molecule has 0 aliphatic carbocycles. The molecule has 0 spiro atoms. The van der Waals surface area contributed by atoms with Crippen molar-refractivity contribution in [3.8, 4) is 33.4 Å². The third-order valence-electron chi connectivity index (χ3n) is 5.35. The van der Waals surface area contributed by atoms with E-state index in [1.807, 2.05) is 12.1 Å². The molecule has 0 N–H and O–H groups in total. The topological polar surface area (TPSA) is 118 Å². The summed E-state index contributed by atoms with van der Waals surface area (Å²) in [5.74, 6) is 0. The fourth-order valence-corrected chi connectivity index (χ4v) is 3.79. The van der Waals surface area contributed by atoms with Gasteiger partial charge in [-0.25, -0.2) is 19.2 Å². The molecule has 4 aromatic rings. The first-order valence-electron chi connectivity index (χ1n) is 10.5. The first-order chi connectivity index (χ1) is 17.7. The molecule has 4 aromatic carbocycles. The van der Waals surface area contributed by atoms with Crippen molar-refractivity contribution in [3.05, 3.63) is 84.9 Å². The molecule has 4 rings (SSSR count). The normalized spacial score (nSPS) is 9.67. The summed E-state index contributed by atoms with van der Waals surface area (Å²) in [7, 11) is 0. The van der Waals surface area contributed by atoms with Crippen LogP contribution in [0.4, 0.5) is 22.7 Å².